The van der Waals surface area contributed by atoms with Gasteiger partial charge in [0.05, 0.1) is 5.69 Å². The number of aromatic nitrogens is 1. The zero-order valence-electron chi connectivity index (χ0n) is 14.1. The molecule has 0 radical (unpaired) electrons. The topological polar surface area (TPSA) is 37.0 Å². The molecule has 1 aromatic heterocycles. The molecule has 25 heavy (non-hydrogen) atoms. The molecule has 4 heteroatoms. The summed E-state index contributed by atoms with van der Waals surface area (Å²) in [4.78, 5) is 4.89. The summed E-state index contributed by atoms with van der Waals surface area (Å²) >= 11 is 6.16. The SMILES string of the molecule is CNc1ccc(Nc2cc(-c3cccc(Cl)c3)nc3c2CCC3)cc1. The number of pyridine rings is 1. The fraction of sp³-hybridized carbons (Fsp3) is 0.190. The first kappa shape index (κ1) is 16.0. The predicted octanol–water partition coefficient (Wildman–Crippen LogP) is 5.68. The Morgan fingerprint density at radius 2 is 1.76 bits per heavy atom. The molecule has 0 spiro atoms. The Morgan fingerprint density at radius 1 is 0.960 bits per heavy atom. The highest BCUT2D eigenvalue weighted by Gasteiger charge is 2.18. The van der Waals surface area contributed by atoms with Crippen LogP contribution in [0.4, 0.5) is 17.1 Å². The van der Waals surface area contributed by atoms with Gasteiger partial charge in [-0.15, -0.1) is 0 Å². The Kier molecular flexibility index (Phi) is 4.33. The monoisotopic (exact) mass is 349 g/mol. The summed E-state index contributed by atoms with van der Waals surface area (Å²) in [5.74, 6) is 0. The van der Waals surface area contributed by atoms with Gasteiger partial charge in [0, 0.05) is 40.4 Å². The number of anilines is 3. The van der Waals surface area contributed by atoms with Crippen LogP contribution in [-0.4, -0.2) is 12.0 Å². The summed E-state index contributed by atoms with van der Waals surface area (Å²) in [7, 11) is 1.93. The standard InChI is InChI=1S/C21H20ClN3/c1-23-16-8-10-17(11-9-16)24-21-13-20(14-4-2-5-15(22)12-14)25-19-7-3-6-18(19)21/h2,4-5,8-13,23H,3,6-7H2,1H3,(H,24,25). The van der Waals surface area contributed by atoms with Gasteiger partial charge in [0.25, 0.3) is 0 Å². The number of rotatable bonds is 4. The highest BCUT2D eigenvalue weighted by Crippen LogP contribution is 2.34. The van der Waals surface area contributed by atoms with Crippen LogP contribution in [0.2, 0.25) is 5.02 Å². The Hall–Kier alpha value is -2.52. The smallest absolute Gasteiger partial charge is 0.0726 e. The molecule has 1 aliphatic carbocycles. The van der Waals surface area contributed by atoms with Gasteiger partial charge in [-0.1, -0.05) is 23.7 Å². The zero-order valence-corrected chi connectivity index (χ0v) is 14.9. The van der Waals surface area contributed by atoms with Crippen LogP contribution in [0, 0.1) is 0 Å². The van der Waals surface area contributed by atoms with E-state index in [1.165, 1.54) is 11.3 Å². The molecule has 0 amide bonds. The van der Waals surface area contributed by atoms with Crippen molar-refractivity contribution < 1.29 is 0 Å². The fourth-order valence-electron chi connectivity index (χ4n) is 3.33. The molecule has 0 saturated carbocycles. The van der Waals surface area contributed by atoms with Crippen molar-refractivity contribution in [1.82, 2.24) is 4.98 Å². The largest absolute Gasteiger partial charge is 0.388 e. The normalized spacial score (nSPS) is 12.7. The Labute approximate surface area is 153 Å². The molecule has 0 atom stereocenters. The van der Waals surface area contributed by atoms with Crippen molar-refractivity contribution in [2.24, 2.45) is 0 Å². The van der Waals surface area contributed by atoms with E-state index in [9.17, 15) is 0 Å². The van der Waals surface area contributed by atoms with Gasteiger partial charge < -0.3 is 10.6 Å². The average Bonchev–Trinajstić information content (AvgIpc) is 3.11. The van der Waals surface area contributed by atoms with E-state index < -0.39 is 0 Å². The summed E-state index contributed by atoms with van der Waals surface area (Å²) < 4.78 is 0. The molecule has 2 N–H and O–H groups in total. The van der Waals surface area contributed by atoms with E-state index in [0.717, 1.165) is 52.6 Å². The second-order valence-corrected chi connectivity index (χ2v) is 6.73. The molecular weight excluding hydrogens is 330 g/mol. The lowest BCUT2D eigenvalue weighted by Gasteiger charge is -2.14. The lowest BCUT2D eigenvalue weighted by Crippen LogP contribution is -2.00. The molecule has 1 aliphatic rings. The van der Waals surface area contributed by atoms with Gasteiger partial charge in [-0.2, -0.15) is 0 Å². The number of aryl methyl sites for hydroxylation is 1. The Balaban J connectivity index is 1.73. The van der Waals surface area contributed by atoms with Crippen molar-refractivity contribution >= 4 is 28.7 Å². The summed E-state index contributed by atoms with van der Waals surface area (Å²) in [5, 5.41) is 7.46. The summed E-state index contributed by atoms with van der Waals surface area (Å²) in [6.45, 7) is 0. The first-order chi connectivity index (χ1) is 12.2. The predicted molar refractivity (Wildman–Crippen MR) is 106 cm³/mol. The van der Waals surface area contributed by atoms with Crippen LogP contribution in [0.15, 0.2) is 54.6 Å². The third-order valence-corrected chi connectivity index (χ3v) is 4.86. The maximum atomic E-state index is 6.16. The molecular formula is C21H20ClN3. The first-order valence-electron chi connectivity index (χ1n) is 8.56. The van der Waals surface area contributed by atoms with E-state index in [1.54, 1.807) is 0 Å². The molecule has 0 bridgehead atoms. The van der Waals surface area contributed by atoms with Crippen molar-refractivity contribution in [1.29, 1.82) is 0 Å². The molecule has 2 aromatic carbocycles. The van der Waals surface area contributed by atoms with E-state index in [2.05, 4.69) is 47.0 Å². The average molecular weight is 350 g/mol. The van der Waals surface area contributed by atoms with E-state index in [1.807, 2.05) is 25.2 Å². The second kappa shape index (κ2) is 6.77. The van der Waals surface area contributed by atoms with Gasteiger partial charge in [0.2, 0.25) is 0 Å². The lowest BCUT2D eigenvalue weighted by molar-refractivity contribution is 0.900. The summed E-state index contributed by atoms with van der Waals surface area (Å²) in [5.41, 5.74) is 7.89. The molecule has 126 valence electrons. The van der Waals surface area contributed by atoms with Crippen molar-refractivity contribution in [2.75, 3.05) is 17.7 Å². The minimum Gasteiger partial charge on any atom is -0.388 e. The second-order valence-electron chi connectivity index (χ2n) is 6.30. The summed E-state index contributed by atoms with van der Waals surface area (Å²) in [6.07, 6.45) is 3.28. The van der Waals surface area contributed by atoms with Crippen molar-refractivity contribution in [3.05, 3.63) is 70.9 Å². The molecule has 3 nitrogen and oxygen atoms in total. The Morgan fingerprint density at radius 3 is 2.52 bits per heavy atom. The first-order valence-corrected chi connectivity index (χ1v) is 8.94. The van der Waals surface area contributed by atoms with Gasteiger partial charge in [-0.25, -0.2) is 0 Å². The van der Waals surface area contributed by atoms with Crippen molar-refractivity contribution in [3.8, 4) is 11.3 Å². The van der Waals surface area contributed by atoms with Crippen LogP contribution in [0.1, 0.15) is 17.7 Å². The van der Waals surface area contributed by atoms with Gasteiger partial charge in [-0.05, 0) is 67.3 Å². The molecule has 0 aliphatic heterocycles. The zero-order chi connectivity index (χ0) is 17.2. The van der Waals surface area contributed by atoms with Crippen molar-refractivity contribution in [3.63, 3.8) is 0 Å². The number of benzene rings is 2. The third kappa shape index (κ3) is 3.33. The van der Waals surface area contributed by atoms with Crippen LogP contribution in [0.5, 0.6) is 0 Å². The van der Waals surface area contributed by atoms with E-state index >= 15 is 0 Å². The van der Waals surface area contributed by atoms with Gasteiger partial charge in [-0.3, -0.25) is 4.98 Å². The van der Waals surface area contributed by atoms with Gasteiger partial charge >= 0.3 is 0 Å². The third-order valence-electron chi connectivity index (χ3n) is 4.62. The maximum Gasteiger partial charge on any atom is 0.0726 e. The van der Waals surface area contributed by atoms with Crippen LogP contribution >= 0.6 is 11.6 Å². The number of hydrogen-bond acceptors (Lipinski definition) is 3. The maximum absolute atomic E-state index is 6.16. The minimum absolute atomic E-state index is 0.733. The van der Waals surface area contributed by atoms with E-state index in [0.29, 0.717) is 0 Å². The molecule has 3 aromatic rings. The van der Waals surface area contributed by atoms with Crippen LogP contribution in [0.25, 0.3) is 11.3 Å². The van der Waals surface area contributed by atoms with Gasteiger partial charge in [0.1, 0.15) is 0 Å². The van der Waals surface area contributed by atoms with Crippen LogP contribution in [0.3, 0.4) is 0 Å². The molecule has 4 rings (SSSR count). The highest BCUT2D eigenvalue weighted by atomic mass is 35.5. The lowest BCUT2D eigenvalue weighted by atomic mass is 10.1. The van der Waals surface area contributed by atoms with E-state index in [-0.39, 0.29) is 0 Å². The quantitative estimate of drug-likeness (QED) is 0.636. The van der Waals surface area contributed by atoms with Gasteiger partial charge in [0.15, 0.2) is 0 Å². The van der Waals surface area contributed by atoms with E-state index in [4.69, 9.17) is 16.6 Å². The van der Waals surface area contributed by atoms with Crippen molar-refractivity contribution in [2.45, 2.75) is 19.3 Å². The number of nitrogens with one attached hydrogen (secondary N) is 2. The minimum atomic E-state index is 0.733. The fourth-order valence-corrected chi connectivity index (χ4v) is 3.52. The molecule has 0 unspecified atom stereocenters. The summed E-state index contributed by atoms with van der Waals surface area (Å²) in [6, 6.07) is 18.3. The number of fused-ring (bicyclic) bond motifs is 1. The highest BCUT2D eigenvalue weighted by molar-refractivity contribution is 6.30. The van der Waals surface area contributed by atoms with Crippen LogP contribution in [-0.2, 0) is 12.8 Å². The number of halogens is 1. The number of hydrogen-bond donors (Lipinski definition) is 2. The Bertz CT molecular complexity index is 904. The molecule has 1 heterocycles. The number of nitrogens with zero attached hydrogens (tertiary/aromatic N) is 1. The molecule has 0 saturated heterocycles. The molecule has 0 fully saturated rings. The van der Waals surface area contributed by atoms with Crippen LogP contribution < -0.4 is 10.6 Å².